The fourth-order valence-electron chi connectivity index (χ4n) is 5.75. The van der Waals surface area contributed by atoms with Crippen molar-refractivity contribution in [2.75, 3.05) is 12.4 Å². The highest BCUT2D eigenvalue weighted by molar-refractivity contribution is 9.10. The minimum Gasteiger partial charge on any atom is -0.465 e. The van der Waals surface area contributed by atoms with Gasteiger partial charge in [-0.25, -0.2) is 4.79 Å². The Bertz CT molecular complexity index is 863. The van der Waals surface area contributed by atoms with Gasteiger partial charge in [0.2, 0.25) is 0 Å². The van der Waals surface area contributed by atoms with Crippen LogP contribution in [0.4, 0.5) is 5.69 Å². The van der Waals surface area contributed by atoms with Gasteiger partial charge in [-0.15, -0.1) is 0 Å². The second-order valence-corrected chi connectivity index (χ2v) is 8.73. The van der Waals surface area contributed by atoms with Crippen molar-refractivity contribution < 1.29 is 9.53 Å². The van der Waals surface area contributed by atoms with Gasteiger partial charge in [-0.1, -0.05) is 24.3 Å². The highest BCUT2D eigenvalue weighted by atomic mass is 79.9. The van der Waals surface area contributed by atoms with Crippen LogP contribution in [0.5, 0.6) is 0 Å². The van der Waals surface area contributed by atoms with Gasteiger partial charge < -0.3 is 10.1 Å². The number of nitrogens with one attached hydrogen (secondary N) is 1. The third-order valence-electron chi connectivity index (χ3n) is 6.76. The minimum absolute atomic E-state index is 0.279. The van der Waals surface area contributed by atoms with E-state index in [1.54, 1.807) is 0 Å². The molecule has 5 rings (SSSR count). The highest BCUT2D eigenvalue weighted by Gasteiger charge is 2.53. The lowest BCUT2D eigenvalue weighted by Crippen LogP contribution is -2.35. The van der Waals surface area contributed by atoms with Gasteiger partial charge in [0, 0.05) is 4.47 Å². The first-order chi connectivity index (χ1) is 12.7. The normalized spacial score (nSPS) is 31.1. The van der Waals surface area contributed by atoms with Gasteiger partial charge in [0.15, 0.2) is 0 Å². The summed E-state index contributed by atoms with van der Waals surface area (Å²) in [6, 6.07) is 14.9. The summed E-state index contributed by atoms with van der Waals surface area (Å²) in [5, 5.41) is 3.84. The number of ether oxygens (including phenoxy) is 1. The second kappa shape index (κ2) is 6.12. The van der Waals surface area contributed by atoms with Gasteiger partial charge in [-0.05, 0) is 88.2 Å². The molecule has 3 nitrogen and oxygen atoms in total. The van der Waals surface area contributed by atoms with Crippen LogP contribution in [0.1, 0.15) is 52.7 Å². The fraction of sp³-hybridized carbons (Fsp3) is 0.409. The Labute approximate surface area is 162 Å². The van der Waals surface area contributed by atoms with E-state index >= 15 is 0 Å². The molecule has 2 aromatic rings. The van der Waals surface area contributed by atoms with Crippen molar-refractivity contribution in [3.8, 4) is 0 Å². The molecule has 0 aromatic heterocycles. The quantitative estimate of drug-likeness (QED) is 0.659. The Kier molecular flexibility index (Phi) is 3.85. The molecule has 2 fully saturated rings. The number of methoxy groups -OCH3 is 1. The number of hydrogen-bond donors (Lipinski definition) is 1. The number of rotatable bonds is 2. The molecule has 0 unspecified atom stereocenters. The largest absolute Gasteiger partial charge is 0.465 e. The maximum absolute atomic E-state index is 11.8. The Hall–Kier alpha value is -1.81. The lowest BCUT2D eigenvalue weighted by atomic mass is 9.68. The van der Waals surface area contributed by atoms with E-state index in [4.69, 9.17) is 4.74 Å². The monoisotopic (exact) mass is 411 g/mol. The Morgan fingerprint density at radius 2 is 1.88 bits per heavy atom. The molecule has 0 amide bonds. The Morgan fingerprint density at radius 3 is 2.65 bits per heavy atom. The minimum atomic E-state index is -0.279. The number of fused-ring (bicyclic) bond motifs is 7. The molecule has 2 aromatic carbocycles. The topological polar surface area (TPSA) is 38.3 Å². The number of anilines is 1. The number of carbonyl (C=O) groups is 1. The van der Waals surface area contributed by atoms with Crippen molar-refractivity contribution in [1.82, 2.24) is 0 Å². The third-order valence-corrected chi connectivity index (χ3v) is 7.42. The molecular weight excluding hydrogens is 390 g/mol. The molecule has 26 heavy (non-hydrogen) atoms. The first kappa shape index (κ1) is 16.4. The maximum Gasteiger partial charge on any atom is 0.337 e. The van der Waals surface area contributed by atoms with Crippen molar-refractivity contribution in [3.05, 3.63) is 63.6 Å². The maximum atomic E-state index is 11.8. The average Bonchev–Trinajstić information content (AvgIpc) is 3.30. The molecule has 134 valence electrons. The summed E-state index contributed by atoms with van der Waals surface area (Å²) in [4.78, 5) is 11.8. The number of para-hydroxylation sites is 1. The molecule has 4 heteroatoms. The van der Waals surface area contributed by atoms with E-state index in [1.807, 2.05) is 12.1 Å². The van der Waals surface area contributed by atoms with Crippen LogP contribution >= 0.6 is 15.9 Å². The number of halogens is 1. The number of hydrogen-bond acceptors (Lipinski definition) is 3. The van der Waals surface area contributed by atoms with Crippen molar-refractivity contribution >= 4 is 27.6 Å². The lowest BCUT2D eigenvalue weighted by Gasteiger charge is -2.44. The van der Waals surface area contributed by atoms with E-state index in [1.165, 1.54) is 43.2 Å². The van der Waals surface area contributed by atoms with Crippen LogP contribution in [0.15, 0.2) is 46.9 Å². The summed E-state index contributed by atoms with van der Waals surface area (Å²) < 4.78 is 5.98. The predicted molar refractivity (Wildman–Crippen MR) is 105 cm³/mol. The summed E-state index contributed by atoms with van der Waals surface area (Å²) >= 11 is 3.75. The first-order valence-corrected chi connectivity index (χ1v) is 10.2. The molecule has 1 aliphatic heterocycles. The number of benzene rings is 2. The van der Waals surface area contributed by atoms with Gasteiger partial charge in [0.25, 0.3) is 0 Å². The smallest absolute Gasteiger partial charge is 0.337 e. The molecule has 5 atom stereocenters. The Balaban J connectivity index is 1.57. The van der Waals surface area contributed by atoms with E-state index in [0.717, 1.165) is 16.3 Å². The van der Waals surface area contributed by atoms with Crippen molar-refractivity contribution in [2.45, 2.75) is 31.2 Å². The number of carbonyl (C=O) groups excluding carboxylic acids is 1. The molecule has 3 aliphatic rings. The molecule has 2 bridgehead atoms. The number of esters is 1. The lowest BCUT2D eigenvalue weighted by molar-refractivity contribution is 0.0600. The molecule has 0 spiro atoms. The second-order valence-electron chi connectivity index (χ2n) is 7.88. The van der Waals surface area contributed by atoms with E-state index < -0.39 is 0 Å². The molecule has 2 saturated carbocycles. The van der Waals surface area contributed by atoms with Crippen LogP contribution in [0.2, 0.25) is 0 Å². The summed E-state index contributed by atoms with van der Waals surface area (Å²) in [5.74, 6) is 2.62. The van der Waals surface area contributed by atoms with Crippen molar-refractivity contribution in [1.29, 1.82) is 0 Å². The van der Waals surface area contributed by atoms with Crippen LogP contribution in [0.3, 0.4) is 0 Å². The standard InChI is InChI=1S/C22H22BrNO2/c1-26-22(25)13-7-5-12(6-8-13)20-19-15-10-9-14(11-15)18(19)16-3-2-4-17(23)21(16)24-20/h2-8,14-15,18-20,24H,9-11H2,1H3/t14-,15-,18+,19+,20-/m0/s1. The molecule has 1 N–H and O–H groups in total. The predicted octanol–water partition coefficient (Wildman–Crippen LogP) is 5.53. The van der Waals surface area contributed by atoms with Crippen LogP contribution in [-0.4, -0.2) is 13.1 Å². The molecule has 2 aliphatic carbocycles. The summed E-state index contributed by atoms with van der Waals surface area (Å²) in [5.41, 5.74) is 4.61. The van der Waals surface area contributed by atoms with Gasteiger partial charge >= 0.3 is 5.97 Å². The van der Waals surface area contributed by atoms with E-state index in [2.05, 4.69) is 51.6 Å². The van der Waals surface area contributed by atoms with Crippen LogP contribution in [0.25, 0.3) is 0 Å². The molecule has 1 heterocycles. The molecule has 0 radical (unpaired) electrons. The average molecular weight is 412 g/mol. The molecule has 0 saturated heterocycles. The summed E-state index contributed by atoms with van der Waals surface area (Å²) in [7, 11) is 1.42. The van der Waals surface area contributed by atoms with Gasteiger partial charge in [0.1, 0.15) is 0 Å². The van der Waals surface area contributed by atoms with Gasteiger partial charge in [-0.3, -0.25) is 0 Å². The van der Waals surface area contributed by atoms with Gasteiger partial charge in [-0.2, -0.15) is 0 Å². The van der Waals surface area contributed by atoms with E-state index in [-0.39, 0.29) is 5.97 Å². The van der Waals surface area contributed by atoms with Crippen LogP contribution < -0.4 is 5.32 Å². The summed E-state index contributed by atoms with van der Waals surface area (Å²) in [6.45, 7) is 0. The van der Waals surface area contributed by atoms with E-state index in [9.17, 15) is 4.79 Å². The fourth-order valence-corrected chi connectivity index (χ4v) is 6.25. The van der Waals surface area contributed by atoms with Crippen LogP contribution in [0, 0.1) is 17.8 Å². The zero-order chi connectivity index (χ0) is 17.8. The van der Waals surface area contributed by atoms with E-state index in [0.29, 0.717) is 23.4 Å². The zero-order valence-corrected chi connectivity index (χ0v) is 16.3. The zero-order valence-electron chi connectivity index (χ0n) is 14.7. The van der Waals surface area contributed by atoms with Crippen LogP contribution in [-0.2, 0) is 4.74 Å². The first-order valence-electron chi connectivity index (χ1n) is 9.40. The van der Waals surface area contributed by atoms with Crippen molar-refractivity contribution in [2.24, 2.45) is 17.8 Å². The Morgan fingerprint density at radius 1 is 1.12 bits per heavy atom. The summed E-state index contributed by atoms with van der Waals surface area (Å²) in [6.07, 6.45) is 4.08. The SMILES string of the molecule is COC(=O)c1ccc([C@@H]2Nc3c(Br)cccc3[C@H]3[C@H]4CC[C@@H](C4)[C@H]32)cc1. The van der Waals surface area contributed by atoms with Gasteiger partial charge in [0.05, 0.1) is 24.4 Å². The highest BCUT2D eigenvalue weighted by Crippen LogP contribution is 2.64. The third kappa shape index (κ3) is 2.34. The molecular formula is C22H22BrNO2. The van der Waals surface area contributed by atoms with Crippen molar-refractivity contribution in [3.63, 3.8) is 0 Å².